The van der Waals surface area contributed by atoms with Gasteiger partial charge in [0.2, 0.25) is 0 Å². The molecule has 1 unspecified atom stereocenters. The number of nitrogens with two attached hydrogens (primary N) is 1. The normalized spacial score (nSPS) is 12.4. The Labute approximate surface area is 237 Å². The lowest BCUT2D eigenvalue weighted by atomic mass is 10.00. The van der Waals surface area contributed by atoms with Crippen molar-refractivity contribution in [3.8, 4) is 0 Å². The molecule has 224 valence electrons. The lowest BCUT2D eigenvalue weighted by molar-refractivity contribution is 0.477. The standard InChI is InChI=1S/C36H75N/c1-3-5-7-9-11-13-15-17-19-20-21-23-25-27-29-31-33-35-36(37)34-32-30-28-26-24-22-18-16-14-12-10-8-6-4-2/h36H,3-35,37H2,1-2H3. The van der Waals surface area contributed by atoms with E-state index in [9.17, 15) is 0 Å². The fourth-order valence-electron chi connectivity index (χ4n) is 5.88. The molecule has 0 aromatic rings. The molecule has 0 saturated heterocycles. The summed E-state index contributed by atoms with van der Waals surface area (Å²) in [5.74, 6) is 0. The topological polar surface area (TPSA) is 26.0 Å². The van der Waals surface area contributed by atoms with Gasteiger partial charge in [0.25, 0.3) is 0 Å². The van der Waals surface area contributed by atoms with Crippen LogP contribution in [-0.4, -0.2) is 6.04 Å². The summed E-state index contributed by atoms with van der Waals surface area (Å²) in [5, 5.41) is 0. The average Bonchev–Trinajstić information content (AvgIpc) is 2.90. The molecule has 37 heavy (non-hydrogen) atoms. The summed E-state index contributed by atoms with van der Waals surface area (Å²) in [6.07, 6.45) is 47.4. The van der Waals surface area contributed by atoms with E-state index >= 15 is 0 Å². The molecule has 0 radical (unpaired) electrons. The van der Waals surface area contributed by atoms with Crippen LogP contribution >= 0.6 is 0 Å². The van der Waals surface area contributed by atoms with Crippen LogP contribution in [0.4, 0.5) is 0 Å². The van der Waals surface area contributed by atoms with E-state index in [4.69, 9.17) is 5.73 Å². The van der Waals surface area contributed by atoms with Crippen molar-refractivity contribution < 1.29 is 0 Å². The quantitative estimate of drug-likeness (QED) is 0.0853. The molecule has 0 spiro atoms. The third-order valence-corrected chi connectivity index (χ3v) is 8.61. The molecule has 0 aliphatic carbocycles. The van der Waals surface area contributed by atoms with Gasteiger partial charge in [-0.15, -0.1) is 0 Å². The highest BCUT2D eigenvalue weighted by molar-refractivity contribution is 4.62. The van der Waals surface area contributed by atoms with E-state index in [0.29, 0.717) is 6.04 Å². The fourth-order valence-corrected chi connectivity index (χ4v) is 5.88. The van der Waals surface area contributed by atoms with Crippen LogP contribution in [0.2, 0.25) is 0 Å². The SMILES string of the molecule is CCCCCCCCCCCCCCCCCCCC(N)CCCCCCCCCCCCCCCC. The molecule has 1 heteroatoms. The van der Waals surface area contributed by atoms with Crippen LogP contribution in [0.15, 0.2) is 0 Å². The third-order valence-electron chi connectivity index (χ3n) is 8.61. The van der Waals surface area contributed by atoms with Crippen LogP contribution in [0.3, 0.4) is 0 Å². The highest BCUT2D eigenvalue weighted by atomic mass is 14.6. The van der Waals surface area contributed by atoms with E-state index in [1.165, 1.54) is 212 Å². The van der Waals surface area contributed by atoms with Crippen molar-refractivity contribution in [2.75, 3.05) is 0 Å². The van der Waals surface area contributed by atoms with Gasteiger partial charge in [0.1, 0.15) is 0 Å². The predicted octanol–water partition coefficient (Wildman–Crippen LogP) is 13.2. The first-order valence-electron chi connectivity index (χ1n) is 18.1. The van der Waals surface area contributed by atoms with Gasteiger partial charge in [-0.2, -0.15) is 0 Å². The van der Waals surface area contributed by atoms with Gasteiger partial charge in [-0.1, -0.05) is 213 Å². The maximum Gasteiger partial charge on any atom is 0.00388 e. The largest absolute Gasteiger partial charge is 0.328 e. The maximum absolute atomic E-state index is 6.39. The molecule has 0 amide bonds. The molecule has 0 aromatic heterocycles. The lowest BCUT2D eigenvalue weighted by Crippen LogP contribution is -2.19. The van der Waals surface area contributed by atoms with Crippen molar-refractivity contribution in [1.29, 1.82) is 0 Å². The molecule has 0 saturated carbocycles. The van der Waals surface area contributed by atoms with Gasteiger partial charge in [0, 0.05) is 6.04 Å². The predicted molar refractivity (Wildman–Crippen MR) is 172 cm³/mol. The highest BCUT2D eigenvalue weighted by Gasteiger charge is 2.03. The third kappa shape index (κ3) is 33.9. The average molecular weight is 522 g/mol. The monoisotopic (exact) mass is 522 g/mol. The molecule has 2 N–H and O–H groups in total. The van der Waals surface area contributed by atoms with E-state index in [0.717, 1.165) is 0 Å². The molecule has 0 fully saturated rings. The Bertz CT molecular complexity index is 379. The van der Waals surface area contributed by atoms with Gasteiger partial charge < -0.3 is 5.73 Å². The minimum absolute atomic E-state index is 0.466. The summed E-state index contributed by atoms with van der Waals surface area (Å²) in [6.45, 7) is 4.61. The summed E-state index contributed by atoms with van der Waals surface area (Å²) in [5.41, 5.74) is 6.39. The summed E-state index contributed by atoms with van der Waals surface area (Å²) in [7, 11) is 0. The van der Waals surface area contributed by atoms with Gasteiger partial charge in [0.15, 0.2) is 0 Å². The second kappa shape index (κ2) is 34.0. The summed E-state index contributed by atoms with van der Waals surface area (Å²) in [6, 6.07) is 0.466. The van der Waals surface area contributed by atoms with E-state index in [1.54, 1.807) is 0 Å². The van der Waals surface area contributed by atoms with Crippen molar-refractivity contribution in [2.45, 2.75) is 232 Å². The van der Waals surface area contributed by atoms with Crippen molar-refractivity contribution in [3.63, 3.8) is 0 Å². The fraction of sp³-hybridized carbons (Fsp3) is 1.00. The molecular weight excluding hydrogens is 446 g/mol. The van der Waals surface area contributed by atoms with Crippen molar-refractivity contribution in [3.05, 3.63) is 0 Å². The number of unbranched alkanes of at least 4 members (excludes halogenated alkanes) is 29. The van der Waals surface area contributed by atoms with Gasteiger partial charge in [-0.05, 0) is 12.8 Å². The molecular formula is C36H75N. The first-order valence-corrected chi connectivity index (χ1v) is 18.1. The van der Waals surface area contributed by atoms with E-state index in [-0.39, 0.29) is 0 Å². The van der Waals surface area contributed by atoms with Crippen molar-refractivity contribution in [1.82, 2.24) is 0 Å². The van der Waals surface area contributed by atoms with Gasteiger partial charge in [-0.25, -0.2) is 0 Å². The summed E-state index contributed by atoms with van der Waals surface area (Å²) < 4.78 is 0. The van der Waals surface area contributed by atoms with E-state index < -0.39 is 0 Å². The Kier molecular flexibility index (Phi) is 34.0. The number of hydrogen-bond donors (Lipinski definition) is 1. The Balaban J connectivity index is 3.13. The van der Waals surface area contributed by atoms with Crippen molar-refractivity contribution in [2.24, 2.45) is 5.73 Å². The van der Waals surface area contributed by atoms with E-state index in [1.807, 2.05) is 0 Å². The molecule has 1 nitrogen and oxygen atoms in total. The Morgan fingerprint density at radius 1 is 0.270 bits per heavy atom. The molecule has 1 atom stereocenters. The minimum Gasteiger partial charge on any atom is -0.328 e. The first kappa shape index (κ1) is 37.0. The molecule has 0 aliphatic rings. The van der Waals surface area contributed by atoms with Gasteiger partial charge >= 0.3 is 0 Å². The van der Waals surface area contributed by atoms with Crippen LogP contribution < -0.4 is 5.73 Å². The second-order valence-electron chi connectivity index (χ2n) is 12.6. The zero-order chi connectivity index (χ0) is 26.9. The Hall–Kier alpha value is -0.0400. The number of hydrogen-bond acceptors (Lipinski definition) is 1. The zero-order valence-electron chi connectivity index (χ0n) is 26.5. The van der Waals surface area contributed by atoms with Crippen molar-refractivity contribution >= 4 is 0 Å². The van der Waals surface area contributed by atoms with Gasteiger partial charge in [0.05, 0.1) is 0 Å². The van der Waals surface area contributed by atoms with Crippen LogP contribution in [-0.2, 0) is 0 Å². The first-order chi connectivity index (χ1) is 18.3. The highest BCUT2D eigenvalue weighted by Crippen LogP contribution is 2.16. The summed E-state index contributed by atoms with van der Waals surface area (Å²) >= 11 is 0. The van der Waals surface area contributed by atoms with E-state index in [2.05, 4.69) is 13.8 Å². The minimum atomic E-state index is 0.466. The van der Waals surface area contributed by atoms with Crippen LogP contribution in [0.1, 0.15) is 226 Å². The molecule has 0 aliphatic heterocycles. The smallest absolute Gasteiger partial charge is 0.00388 e. The van der Waals surface area contributed by atoms with Crippen LogP contribution in [0, 0.1) is 0 Å². The molecule has 0 aromatic carbocycles. The van der Waals surface area contributed by atoms with Crippen LogP contribution in [0.5, 0.6) is 0 Å². The van der Waals surface area contributed by atoms with Crippen LogP contribution in [0.25, 0.3) is 0 Å². The zero-order valence-corrected chi connectivity index (χ0v) is 26.5. The molecule has 0 bridgehead atoms. The lowest BCUT2D eigenvalue weighted by Gasteiger charge is -2.11. The summed E-state index contributed by atoms with van der Waals surface area (Å²) in [4.78, 5) is 0. The Morgan fingerprint density at radius 2 is 0.432 bits per heavy atom. The number of rotatable bonds is 33. The molecule has 0 heterocycles. The Morgan fingerprint density at radius 3 is 0.622 bits per heavy atom. The molecule has 0 rings (SSSR count). The maximum atomic E-state index is 6.39. The second-order valence-corrected chi connectivity index (χ2v) is 12.6. The van der Waals surface area contributed by atoms with Gasteiger partial charge in [-0.3, -0.25) is 0 Å².